The third-order valence-corrected chi connectivity index (χ3v) is 4.90. The number of ether oxygens (including phenoxy) is 2. The molecule has 1 amide bonds. The zero-order valence-electron chi connectivity index (χ0n) is 13.7. The van der Waals surface area contributed by atoms with Crippen LogP contribution in [-0.2, 0) is 4.79 Å². The van der Waals surface area contributed by atoms with Crippen molar-refractivity contribution in [3.05, 3.63) is 24.3 Å². The molecule has 1 aromatic carbocycles. The molecule has 0 spiro atoms. The fraction of sp³-hybridized carbons (Fsp3) is 0.611. The third kappa shape index (κ3) is 3.61. The summed E-state index contributed by atoms with van der Waals surface area (Å²) in [4.78, 5) is 12.7. The van der Waals surface area contributed by atoms with E-state index in [4.69, 9.17) is 15.2 Å². The second-order valence-electron chi connectivity index (χ2n) is 6.56. The van der Waals surface area contributed by atoms with Crippen molar-refractivity contribution in [3.8, 4) is 11.5 Å². The summed E-state index contributed by atoms with van der Waals surface area (Å²) < 4.78 is 11.7. The van der Waals surface area contributed by atoms with Gasteiger partial charge in [0.2, 0.25) is 6.10 Å². The van der Waals surface area contributed by atoms with Crippen LogP contribution in [0, 0.1) is 5.92 Å². The Labute approximate surface area is 137 Å². The molecule has 0 aromatic heterocycles. The average Bonchev–Trinajstić information content (AvgIpc) is 2.59. The van der Waals surface area contributed by atoms with Gasteiger partial charge in [0.05, 0.1) is 0 Å². The molecule has 126 valence electrons. The minimum absolute atomic E-state index is 0.0239. The molecule has 1 aliphatic heterocycles. The van der Waals surface area contributed by atoms with Crippen molar-refractivity contribution in [1.82, 2.24) is 5.32 Å². The third-order valence-electron chi connectivity index (χ3n) is 4.90. The molecule has 1 aromatic rings. The average molecular weight is 318 g/mol. The zero-order valence-corrected chi connectivity index (χ0v) is 13.7. The quantitative estimate of drug-likeness (QED) is 0.893. The van der Waals surface area contributed by atoms with Crippen LogP contribution in [-0.4, -0.2) is 30.7 Å². The number of fused-ring (bicyclic) bond motifs is 1. The number of nitrogens with one attached hydrogen (secondary N) is 1. The molecule has 3 atom stereocenters. The highest BCUT2D eigenvalue weighted by molar-refractivity contribution is 5.82. The number of benzene rings is 1. The lowest BCUT2D eigenvalue weighted by atomic mass is 9.84. The highest BCUT2D eigenvalue weighted by Gasteiger charge is 2.36. The molecule has 0 saturated heterocycles. The highest BCUT2D eigenvalue weighted by Crippen LogP contribution is 2.33. The second kappa shape index (κ2) is 7.21. The number of nitrogens with two attached hydrogens (primary N) is 1. The number of hydrogen-bond donors (Lipinski definition) is 2. The maximum absolute atomic E-state index is 12.7. The van der Waals surface area contributed by atoms with Crippen LogP contribution in [0.5, 0.6) is 11.5 Å². The summed E-state index contributed by atoms with van der Waals surface area (Å²) in [6, 6.07) is 7.46. The van der Waals surface area contributed by atoms with Gasteiger partial charge in [-0.15, -0.1) is 0 Å². The van der Waals surface area contributed by atoms with Crippen molar-refractivity contribution in [1.29, 1.82) is 0 Å². The molecular weight excluding hydrogens is 292 g/mol. The maximum atomic E-state index is 12.7. The van der Waals surface area contributed by atoms with E-state index in [1.54, 1.807) is 0 Å². The van der Waals surface area contributed by atoms with Crippen molar-refractivity contribution in [2.75, 3.05) is 6.54 Å². The number of carbonyl (C=O) groups excluding carboxylic acids is 1. The topological polar surface area (TPSA) is 73.6 Å². The Balaban J connectivity index is 1.65. The number of amides is 1. The van der Waals surface area contributed by atoms with Gasteiger partial charge in [0.25, 0.3) is 5.91 Å². The van der Waals surface area contributed by atoms with Crippen molar-refractivity contribution in [2.24, 2.45) is 11.7 Å². The van der Waals surface area contributed by atoms with Crippen LogP contribution >= 0.6 is 0 Å². The Morgan fingerprint density at radius 1 is 1.22 bits per heavy atom. The summed E-state index contributed by atoms with van der Waals surface area (Å²) >= 11 is 0. The van der Waals surface area contributed by atoms with Crippen molar-refractivity contribution in [2.45, 2.75) is 57.3 Å². The van der Waals surface area contributed by atoms with E-state index in [1.165, 1.54) is 19.3 Å². The van der Waals surface area contributed by atoms with E-state index >= 15 is 0 Å². The fourth-order valence-corrected chi connectivity index (χ4v) is 3.58. The molecule has 3 N–H and O–H groups in total. The van der Waals surface area contributed by atoms with E-state index in [9.17, 15) is 4.79 Å². The minimum atomic E-state index is -0.637. The summed E-state index contributed by atoms with van der Waals surface area (Å²) in [5, 5.41) is 3.10. The van der Waals surface area contributed by atoms with E-state index in [0.29, 0.717) is 24.0 Å². The zero-order chi connectivity index (χ0) is 16.2. The monoisotopic (exact) mass is 318 g/mol. The summed E-state index contributed by atoms with van der Waals surface area (Å²) in [6.45, 7) is 2.33. The molecule has 1 heterocycles. The summed E-state index contributed by atoms with van der Waals surface area (Å²) in [7, 11) is 0. The Morgan fingerprint density at radius 3 is 2.52 bits per heavy atom. The molecule has 5 nitrogen and oxygen atoms in total. The molecule has 3 unspecified atom stereocenters. The van der Waals surface area contributed by atoms with E-state index in [1.807, 2.05) is 31.2 Å². The molecule has 3 rings (SSSR count). The molecule has 1 saturated carbocycles. The summed E-state index contributed by atoms with van der Waals surface area (Å²) in [5.74, 6) is 1.65. The largest absolute Gasteiger partial charge is 0.482 e. The lowest BCUT2D eigenvalue weighted by Gasteiger charge is -2.34. The van der Waals surface area contributed by atoms with Gasteiger partial charge in [0, 0.05) is 12.6 Å². The van der Waals surface area contributed by atoms with Crippen LogP contribution < -0.4 is 20.5 Å². The number of rotatable bonds is 4. The van der Waals surface area contributed by atoms with Gasteiger partial charge >= 0.3 is 0 Å². The first-order chi connectivity index (χ1) is 11.2. The highest BCUT2D eigenvalue weighted by atomic mass is 16.6. The Bertz CT molecular complexity index is 543. The SMILES string of the molecule is CC1Oc2ccccc2OC1C(=O)NC(CN)C1CCCCC1. The van der Waals surface area contributed by atoms with Gasteiger partial charge in [-0.2, -0.15) is 0 Å². The molecule has 1 aliphatic carbocycles. The fourth-order valence-electron chi connectivity index (χ4n) is 3.58. The van der Waals surface area contributed by atoms with Gasteiger partial charge in [0.15, 0.2) is 11.5 Å². The molecule has 1 fully saturated rings. The molecule has 23 heavy (non-hydrogen) atoms. The van der Waals surface area contributed by atoms with Crippen LogP contribution in [0.2, 0.25) is 0 Å². The van der Waals surface area contributed by atoms with Crippen LogP contribution in [0.1, 0.15) is 39.0 Å². The lowest BCUT2D eigenvalue weighted by Crippen LogP contribution is -2.54. The first-order valence-electron chi connectivity index (χ1n) is 8.62. The Morgan fingerprint density at radius 2 is 1.87 bits per heavy atom. The van der Waals surface area contributed by atoms with E-state index < -0.39 is 6.10 Å². The van der Waals surface area contributed by atoms with Crippen LogP contribution in [0.25, 0.3) is 0 Å². The molecule has 0 bridgehead atoms. The van der Waals surface area contributed by atoms with Crippen molar-refractivity contribution < 1.29 is 14.3 Å². The summed E-state index contributed by atoms with van der Waals surface area (Å²) in [6.07, 6.45) is 5.06. The Hall–Kier alpha value is -1.75. The van der Waals surface area contributed by atoms with Gasteiger partial charge in [-0.3, -0.25) is 4.79 Å². The van der Waals surface area contributed by atoms with E-state index in [2.05, 4.69) is 5.32 Å². The van der Waals surface area contributed by atoms with Gasteiger partial charge < -0.3 is 20.5 Å². The Kier molecular flexibility index (Phi) is 5.06. The predicted molar refractivity (Wildman–Crippen MR) is 88.5 cm³/mol. The second-order valence-corrected chi connectivity index (χ2v) is 6.56. The molecular formula is C18H26N2O3. The van der Waals surface area contributed by atoms with Gasteiger partial charge in [-0.1, -0.05) is 31.4 Å². The standard InChI is InChI=1S/C18H26N2O3/c1-12-17(23-16-10-6-5-9-15(16)22-12)18(21)20-14(11-19)13-7-3-2-4-8-13/h5-6,9-10,12-14,17H,2-4,7-8,11,19H2,1H3,(H,20,21). The van der Waals surface area contributed by atoms with Crippen molar-refractivity contribution in [3.63, 3.8) is 0 Å². The van der Waals surface area contributed by atoms with E-state index in [-0.39, 0.29) is 18.1 Å². The van der Waals surface area contributed by atoms with Crippen molar-refractivity contribution >= 4 is 5.91 Å². The minimum Gasteiger partial charge on any atom is -0.482 e. The number of hydrogen-bond acceptors (Lipinski definition) is 4. The van der Waals surface area contributed by atoms with E-state index in [0.717, 1.165) is 12.8 Å². The van der Waals surface area contributed by atoms with Crippen LogP contribution in [0.4, 0.5) is 0 Å². The van der Waals surface area contributed by atoms with Crippen LogP contribution in [0.3, 0.4) is 0 Å². The number of para-hydroxylation sites is 2. The maximum Gasteiger partial charge on any atom is 0.265 e. The first kappa shape index (κ1) is 16.1. The smallest absolute Gasteiger partial charge is 0.265 e. The first-order valence-corrected chi connectivity index (χ1v) is 8.62. The number of carbonyl (C=O) groups is 1. The van der Waals surface area contributed by atoms with Gasteiger partial charge in [-0.25, -0.2) is 0 Å². The van der Waals surface area contributed by atoms with Crippen LogP contribution in [0.15, 0.2) is 24.3 Å². The predicted octanol–water partition coefficient (Wildman–Crippen LogP) is 2.24. The van der Waals surface area contributed by atoms with Gasteiger partial charge in [-0.05, 0) is 37.8 Å². The summed E-state index contributed by atoms with van der Waals surface area (Å²) in [5.41, 5.74) is 5.91. The van der Waals surface area contributed by atoms with Gasteiger partial charge in [0.1, 0.15) is 6.10 Å². The lowest BCUT2D eigenvalue weighted by molar-refractivity contribution is -0.134. The molecule has 5 heteroatoms. The molecule has 0 radical (unpaired) electrons. The normalized spacial score (nSPS) is 25.7. The molecule has 2 aliphatic rings.